The quantitative estimate of drug-likeness (QED) is 0.244. The molecular weight excluding hydrogens is 477 g/mol. The van der Waals surface area contributed by atoms with Crippen molar-refractivity contribution in [1.29, 1.82) is 0 Å². The Labute approximate surface area is 180 Å². The van der Waals surface area contributed by atoms with Crippen molar-refractivity contribution in [2.24, 2.45) is 0 Å². The van der Waals surface area contributed by atoms with E-state index in [1.54, 1.807) is 0 Å². The van der Waals surface area contributed by atoms with Crippen LogP contribution in [0.4, 0.5) is 0 Å². The molecule has 1 fully saturated rings. The lowest BCUT2D eigenvalue weighted by atomic mass is 9.83. The van der Waals surface area contributed by atoms with Crippen LogP contribution in [-0.4, -0.2) is 21.4 Å². The van der Waals surface area contributed by atoms with E-state index >= 15 is 0 Å². The Morgan fingerprint density at radius 3 is 2.52 bits per heavy atom. The Bertz CT molecular complexity index is 1320. The summed E-state index contributed by atoms with van der Waals surface area (Å²) in [5.41, 5.74) is 5.33. The predicted octanol–water partition coefficient (Wildman–Crippen LogP) is 4.53. The maximum atomic E-state index is 13.0. The number of rotatable bonds is 2. The van der Waals surface area contributed by atoms with Crippen LogP contribution in [0.25, 0.3) is 21.8 Å². The molecular formula is C23H18IN3O2. The molecule has 6 rings (SSSR count). The van der Waals surface area contributed by atoms with Gasteiger partial charge in [0.25, 0.3) is 0 Å². The number of fused-ring (bicyclic) bond motifs is 1. The summed E-state index contributed by atoms with van der Waals surface area (Å²) in [7, 11) is 0. The second-order valence-electron chi connectivity index (χ2n) is 7.88. The van der Waals surface area contributed by atoms with Gasteiger partial charge in [-0.05, 0) is 29.2 Å². The minimum Gasteiger partial charge on any atom is -0.361 e. The standard InChI is InChI=1S/C23H18IN3O2/c24-17-8-9-27-11-16(13-5-3-6-14(17)21(13)27)20-19(22(28)26-23(20)29)15-10-25-18-7-2-1-4-12(15)18/h1-7,10-11,17,19-20,25H,8-9H2,(H,26,28,29)/t17-,19-,20-/m0/s1. The summed E-state index contributed by atoms with van der Waals surface area (Å²) in [6.07, 6.45) is 5.05. The summed E-state index contributed by atoms with van der Waals surface area (Å²) >= 11 is 2.50. The van der Waals surface area contributed by atoms with Crippen LogP contribution in [0.1, 0.15) is 38.9 Å². The second kappa shape index (κ2) is 6.19. The molecule has 2 aliphatic rings. The van der Waals surface area contributed by atoms with Crippen LogP contribution >= 0.6 is 22.6 Å². The van der Waals surface area contributed by atoms with Crippen LogP contribution in [0.15, 0.2) is 54.9 Å². The Balaban J connectivity index is 1.58. The molecule has 0 unspecified atom stereocenters. The molecule has 4 aromatic rings. The van der Waals surface area contributed by atoms with Crippen LogP contribution in [-0.2, 0) is 16.1 Å². The maximum Gasteiger partial charge on any atom is 0.235 e. The highest BCUT2D eigenvalue weighted by molar-refractivity contribution is 14.1. The third kappa shape index (κ3) is 2.38. The number of amides is 2. The van der Waals surface area contributed by atoms with E-state index in [0.29, 0.717) is 3.92 Å². The molecule has 3 atom stereocenters. The van der Waals surface area contributed by atoms with Gasteiger partial charge < -0.3 is 9.55 Å². The lowest BCUT2D eigenvalue weighted by Crippen LogP contribution is -2.21. The number of alkyl halides is 1. The molecule has 6 heteroatoms. The highest BCUT2D eigenvalue weighted by Crippen LogP contribution is 2.46. The zero-order valence-corrected chi connectivity index (χ0v) is 17.6. The van der Waals surface area contributed by atoms with Crippen LogP contribution < -0.4 is 5.32 Å². The number of aromatic nitrogens is 2. The Kier molecular flexibility index (Phi) is 3.69. The van der Waals surface area contributed by atoms with Crippen LogP contribution in [0.2, 0.25) is 0 Å². The van der Waals surface area contributed by atoms with E-state index in [1.807, 2.05) is 30.5 Å². The number of nitrogens with one attached hydrogen (secondary N) is 2. The normalized spacial score (nSPS) is 23.8. The Hall–Kier alpha value is -2.61. The first-order chi connectivity index (χ1) is 14.1. The lowest BCUT2D eigenvalue weighted by Gasteiger charge is -2.20. The molecule has 0 aliphatic carbocycles. The molecule has 5 nitrogen and oxygen atoms in total. The number of aromatic amines is 1. The fourth-order valence-corrected chi connectivity index (χ4v) is 5.86. The largest absolute Gasteiger partial charge is 0.361 e. The first kappa shape index (κ1) is 17.3. The Morgan fingerprint density at radius 1 is 0.897 bits per heavy atom. The van der Waals surface area contributed by atoms with Crippen LogP contribution in [0.5, 0.6) is 0 Å². The molecule has 2 aromatic heterocycles. The molecule has 29 heavy (non-hydrogen) atoms. The van der Waals surface area contributed by atoms with Crippen molar-refractivity contribution in [3.8, 4) is 0 Å². The van der Waals surface area contributed by atoms with Gasteiger partial charge in [-0.15, -0.1) is 0 Å². The van der Waals surface area contributed by atoms with Crippen molar-refractivity contribution < 1.29 is 9.59 Å². The number of para-hydroxylation sites is 2. The second-order valence-corrected chi connectivity index (χ2v) is 9.38. The van der Waals surface area contributed by atoms with E-state index in [9.17, 15) is 9.59 Å². The first-order valence-corrected chi connectivity index (χ1v) is 11.0. The topological polar surface area (TPSA) is 66.9 Å². The molecule has 0 bridgehead atoms. The average Bonchev–Trinajstić information content (AvgIpc) is 3.38. The number of imide groups is 1. The van der Waals surface area contributed by atoms with E-state index in [-0.39, 0.29) is 11.8 Å². The van der Waals surface area contributed by atoms with Gasteiger partial charge in [0.2, 0.25) is 11.8 Å². The number of hydrogen-bond donors (Lipinski definition) is 2. The summed E-state index contributed by atoms with van der Waals surface area (Å²) < 4.78 is 2.73. The van der Waals surface area contributed by atoms with Gasteiger partial charge in [0.1, 0.15) is 0 Å². The van der Waals surface area contributed by atoms with Crippen molar-refractivity contribution in [3.63, 3.8) is 0 Å². The van der Waals surface area contributed by atoms with Gasteiger partial charge >= 0.3 is 0 Å². The van der Waals surface area contributed by atoms with Crippen LogP contribution in [0.3, 0.4) is 0 Å². The molecule has 4 heterocycles. The smallest absolute Gasteiger partial charge is 0.235 e. The van der Waals surface area contributed by atoms with E-state index in [0.717, 1.165) is 40.4 Å². The third-order valence-corrected chi connectivity index (χ3v) is 7.65. The molecule has 0 radical (unpaired) electrons. The predicted molar refractivity (Wildman–Crippen MR) is 120 cm³/mol. The Morgan fingerprint density at radius 2 is 1.66 bits per heavy atom. The van der Waals surface area contributed by atoms with E-state index < -0.39 is 11.8 Å². The number of aryl methyl sites for hydroxylation is 1. The number of carbonyl (C=O) groups excluding carboxylic acids is 2. The summed E-state index contributed by atoms with van der Waals surface area (Å²) in [5.74, 6) is -1.48. The van der Waals surface area contributed by atoms with Gasteiger partial charge in [-0.3, -0.25) is 14.9 Å². The van der Waals surface area contributed by atoms with Gasteiger partial charge in [0.15, 0.2) is 0 Å². The molecule has 2 aliphatic heterocycles. The summed E-state index contributed by atoms with van der Waals surface area (Å²) in [6, 6.07) is 14.2. The number of nitrogens with zero attached hydrogens (tertiary/aromatic N) is 1. The molecule has 1 saturated heterocycles. The summed E-state index contributed by atoms with van der Waals surface area (Å²) in [5, 5.41) is 4.68. The molecule has 0 spiro atoms. The number of hydrogen-bond acceptors (Lipinski definition) is 2. The minimum absolute atomic E-state index is 0.208. The number of benzene rings is 2. The molecule has 144 valence electrons. The number of halogens is 1. The van der Waals surface area contributed by atoms with Crippen molar-refractivity contribution >= 4 is 56.2 Å². The molecule has 2 N–H and O–H groups in total. The van der Waals surface area contributed by atoms with Gasteiger partial charge in [-0.2, -0.15) is 0 Å². The first-order valence-electron chi connectivity index (χ1n) is 9.80. The van der Waals surface area contributed by atoms with E-state index in [4.69, 9.17) is 0 Å². The van der Waals surface area contributed by atoms with Gasteiger partial charge in [0, 0.05) is 39.2 Å². The SMILES string of the molecule is O=C1NC(=O)[C@@H](c2cn3c4c(cccc24)[C@@H](I)CC3)[C@@H]1c1c[nH]c2ccccc12. The minimum atomic E-state index is -0.530. The zero-order chi connectivity index (χ0) is 19.7. The average molecular weight is 495 g/mol. The zero-order valence-electron chi connectivity index (χ0n) is 15.5. The van der Waals surface area contributed by atoms with E-state index in [1.165, 1.54) is 11.1 Å². The van der Waals surface area contributed by atoms with E-state index in [2.05, 4.69) is 61.9 Å². The summed E-state index contributed by atoms with van der Waals surface area (Å²) in [4.78, 5) is 29.1. The number of H-pyrrole nitrogens is 1. The van der Waals surface area contributed by atoms with Crippen LogP contribution in [0, 0.1) is 0 Å². The van der Waals surface area contributed by atoms with Gasteiger partial charge in [-0.25, -0.2) is 0 Å². The van der Waals surface area contributed by atoms with Crippen molar-refractivity contribution in [3.05, 3.63) is 71.5 Å². The fourth-order valence-electron chi connectivity index (χ4n) is 5.07. The highest BCUT2D eigenvalue weighted by Gasteiger charge is 2.46. The van der Waals surface area contributed by atoms with Gasteiger partial charge in [-0.1, -0.05) is 59.0 Å². The number of carbonyl (C=O) groups is 2. The van der Waals surface area contributed by atoms with Gasteiger partial charge in [0.05, 0.1) is 17.4 Å². The molecule has 0 saturated carbocycles. The van der Waals surface area contributed by atoms with Crippen molar-refractivity contribution in [2.45, 2.75) is 28.7 Å². The summed E-state index contributed by atoms with van der Waals surface area (Å²) in [6.45, 7) is 0.932. The fraction of sp³-hybridized carbons (Fsp3) is 0.217. The third-order valence-electron chi connectivity index (χ3n) is 6.36. The molecule has 2 aromatic carbocycles. The monoisotopic (exact) mass is 495 g/mol. The lowest BCUT2D eigenvalue weighted by molar-refractivity contribution is -0.125. The highest BCUT2D eigenvalue weighted by atomic mass is 127. The molecule has 2 amide bonds. The van der Waals surface area contributed by atoms with Crippen molar-refractivity contribution in [1.82, 2.24) is 14.9 Å². The maximum absolute atomic E-state index is 13.0. The van der Waals surface area contributed by atoms with Crippen molar-refractivity contribution in [2.75, 3.05) is 0 Å².